The fourth-order valence-corrected chi connectivity index (χ4v) is 3.70. The highest BCUT2D eigenvalue weighted by Gasteiger charge is 2.15. The SMILES string of the molecule is Cc1c(Br)c(C)n2c(CSCCO)cnc2c1Br. The van der Waals surface area contributed by atoms with Crippen LogP contribution in [-0.2, 0) is 5.75 Å². The Morgan fingerprint density at radius 2 is 2.06 bits per heavy atom. The number of hydrogen-bond acceptors (Lipinski definition) is 3. The second-order valence-electron chi connectivity index (χ2n) is 4.02. The molecule has 0 radical (unpaired) electrons. The van der Waals surface area contributed by atoms with Crippen LogP contribution in [0.3, 0.4) is 0 Å². The van der Waals surface area contributed by atoms with Gasteiger partial charge in [0.25, 0.3) is 0 Å². The van der Waals surface area contributed by atoms with Crippen molar-refractivity contribution >= 4 is 49.3 Å². The lowest BCUT2D eigenvalue weighted by molar-refractivity contribution is 0.322. The Bertz CT molecular complexity index is 583. The van der Waals surface area contributed by atoms with Gasteiger partial charge in [-0.05, 0) is 51.3 Å². The maximum absolute atomic E-state index is 8.83. The number of imidazole rings is 1. The van der Waals surface area contributed by atoms with Gasteiger partial charge in [-0.1, -0.05) is 0 Å². The second-order valence-corrected chi connectivity index (χ2v) is 6.71. The van der Waals surface area contributed by atoms with Crippen LogP contribution in [0.1, 0.15) is 17.0 Å². The monoisotopic (exact) mass is 392 g/mol. The predicted molar refractivity (Wildman–Crippen MR) is 83.3 cm³/mol. The van der Waals surface area contributed by atoms with Gasteiger partial charge in [-0.3, -0.25) is 4.40 Å². The molecule has 18 heavy (non-hydrogen) atoms. The summed E-state index contributed by atoms with van der Waals surface area (Å²) in [6.07, 6.45) is 1.91. The minimum atomic E-state index is 0.215. The molecule has 0 aliphatic heterocycles. The smallest absolute Gasteiger partial charge is 0.151 e. The van der Waals surface area contributed by atoms with Crippen molar-refractivity contribution in [2.24, 2.45) is 0 Å². The predicted octanol–water partition coefficient (Wildman–Crippen LogP) is 3.70. The van der Waals surface area contributed by atoms with Gasteiger partial charge in [-0.2, -0.15) is 11.8 Å². The van der Waals surface area contributed by atoms with E-state index in [4.69, 9.17) is 5.11 Å². The first-order valence-electron chi connectivity index (χ1n) is 5.57. The number of hydrogen-bond donors (Lipinski definition) is 1. The van der Waals surface area contributed by atoms with E-state index in [2.05, 4.69) is 55.1 Å². The molecule has 0 amide bonds. The number of aryl methyl sites for hydroxylation is 1. The van der Waals surface area contributed by atoms with E-state index in [1.165, 1.54) is 5.56 Å². The molecule has 0 saturated carbocycles. The first-order valence-corrected chi connectivity index (χ1v) is 8.31. The van der Waals surface area contributed by atoms with E-state index in [0.717, 1.165) is 37.5 Å². The van der Waals surface area contributed by atoms with Crippen LogP contribution in [0.2, 0.25) is 0 Å². The molecule has 0 bridgehead atoms. The number of rotatable bonds is 4. The van der Waals surface area contributed by atoms with Crippen molar-refractivity contribution in [1.82, 2.24) is 9.38 Å². The molecule has 1 N–H and O–H groups in total. The number of aromatic nitrogens is 2. The summed E-state index contributed by atoms with van der Waals surface area (Å²) in [5, 5.41) is 8.83. The van der Waals surface area contributed by atoms with Gasteiger partial charge < -0.3 is 5.11 Å². The average molecular weight is 394 g/mol. The quantitative estimate of drug-likeness (QED) is 0.804. The molecule has 98 valence electrons. The van der Waals surface area contributed by atoms with Gasteiger partial charge in [-0.15, -0.1) is 0 Å². The molecule has 2 rings (SSSR count). The summed E-state index contributed by atoms with van der Waals surface area (Å²) in [5.74, 6) is 1.60. The standard InChI is InChI=1S/C12H14Br2N2OS/c1-7-10(13)8(2)16-9(6-18-4-3-17)5-15-12(16)11(7)14/h5,17H,3-4,6H2,1-2H3. The van der Waals surface area contributed by atoms with E-state index in [0.29, 0.717) is 0 Å². The molecule has 2 aromatic rings. The zero-order valence-electron chi connectivity index (χ0n) is 10.2. The molecule has 0 saturated heterocycles. The van der Waals surface area contributed by atoms with Gasteiger partial charge in [0.2, 0.25) is 0 Å². The lowest BCUT2D eigenvalue weighted by atomic mass is 10.2. The highest BCUT2D eigenvalue weighted by atomic mass is 79.9. The Balaban J connectivity index is 2.51. The van der Waals surface area contributed by atoms with Gasteiger partial charge in [0.15, 0.2) is 5.65 Å². The highest BCUT2D eigenvalue weighted by Crippen LogP contribution is 2.32. The van der Waals surface area contributed by atoms with Gasteiger partial charge in [0, 0.05) is 21.7 Å². The summed E-state index contributed by atoms with van der Waals surface area (Å²) in [6.45, 7) is 4.36. The van der Waals surface area contributed by atoms with Crippen molar-refractivity contribution in [3.63, 3.8) is 0 Å². The summed E-state index contributed by atoms with van der Waals surface area (Å²) < 4.78 is 4.29. The van der Waals surface area contributed by atoms with Crippen LogP contribution in [0, 0.1) is 13.8 Å². The Hall–Kier alpha value is -0.0400. The van der Waals surface area contributed by atoms with Crippen LogP contribution in [0.25, 0.3) is 5.65 Å². The largest absolute Gasteiger partial charge is 0.396 e. The third-order valence-corrected chi connectivity index (χ3v) is 5.92. The number of pyridine rings is 1. The van der Waals surface area contributed by atoms with Crippen LogP contribution in [0.15, 0.2) is 15.1 Å². The highest BCUT2D eigenvalue weighted by molar-refractivity contribution is 9.11. The van der Waals surface area contributed by atoms with E-state index in [1.54, 1.807) is 11.8 Å². The van der Waals surface area contributed by atoms with Crippen LogP contribution >= 0.6 is 43.6 Å². The summed E-state index contributed by atoms with van der Waals surface area (Å²) >= 11 is 8.94. The molecule has 0 atom stereocenters. The molecule has 3 nitrogen and oxygen atoms in total. The molecule has 0 aliphatic rings. The fourth-order valence-electron chi connectivity index (χ4n) is 1.89. The molecular formula is C12H14Br2N2OS. The Kier molecular flexibility index (Phi) is 4.75. The number of aliphatic hydroxyl groups is 1. The summed E-state index contributed by atoms with van der Waals surface area (Å²) in [6, 6.07) is 0. The molecular weight excluding hydrogens is 380 g/mol. The van der Waals surface area contributed by atoms with E-state index in [9.17, 15) is 0 Å². The van der Waals surface area contributed by atoms with Crippen LogP contribution in [0.5, 0.6) is 0 Å². The third kappa shape index (κ3) is 2.48. The first-order chi connectivity index (χ1) is 8.57. The number of nitrogens with zero attached hydrogens (tertiary/aromatic N) is 2. The minimum absolute atomic E-state index is 0.215. The van der Waals surface area contributed by atoms with Crippen LogP contribution < -0.4 is 0 Å². The Morgan fingerprint density at radius 3 is 2.72 bits per heavy atom. The number of thioether (sulfide) groups is 1. The number of aliphatic hydroxyl groups excluding tert-OH is 1. The third-order valence-electron chi connectivity index (χ3n) is 2.83. The molecule has 2 heterocycles. The second kappa shape index (κ2) is 5.94. The van der Waals surface area contributed by atoms with Crippen LogP contribution in [0.4, 0.5) is 0 Å². The van der Waals surface area contributed by atoms with Crippen molar-refractivity contribution in [3.8, 4) is 0 Å². The Labute approximate surface area is 127 Å². The van der Waals surface area contributed by atoms with Gasteiger partial charge >= 0.3 is 0 Å². The van der Waals surface area contributed by atoms with E-state index < -0.39 is 0 Å². The first kappa shape index (κ1) is 14.4. The lowest BCUT2D eigenvalue weighted by Gasteiger charge is -2.11. The van der Waals surface area contributed by atoms with Gasteiger partial charge in [0.1, 0.15) is 0 Å². The number of halogens is 2. The summed E-state index contributed by atoms with van der Waals surface area (Å²) in [5.41, 5.74) is 4.43. The van der Waals surface area contributed by atoms with E-state index in [1.807, 2.05) is 6.20 Å². The van der Waals surface area contributed by atoms with Gasteiger partial charge in [0.05, 0.1) is 23.0 Å². The van der Waals surface area contributed by atoms with E-state index >= 15 is 0 Å². The van der Waals surface area contributed by atoms with Crippen molar-refractivity contribution in [1.29, 1.82) is 0 Å². The molecule has 2 aromatic heterocycles. The molecule has 0 unspecified atom stereocenters. The Morgan fingerprint density at radius 1 is 1.33 bits per heavy atom. The fraction of sp³-hybridized carbons (Fsp3) is 0.417. The average Bonchev–Trinajstić information content (AvgIpc) is 2.78. The molecule has 0 aliphatic carbocycles. The van der Waals surface area contributed by atoms with Gasteiger partial charge in [-0.25, -0.2) is 4.98 Å². The maximum Gasteiger partial charge on any atom is 0.151 e. The van der Waals surface area contributed by atoms with Crippen molar-refractivity contribution in [3.05, 3.63) is 32.1 Å². The van der Waals surface area contributed by atoms with E-state index in [-0.39, 0.29) is 6.61 Å². The lowest BCUT2D eigenvalue weighted by Crippen LogP contribution is -2.01. The van der Waals surface area contributed by atoms with Crippen molar-refractivity contribution in [2.45, 2.75) is 19.6 Å². The number of fused-ring (bicyclic) bond motifs is 1. The zero-order chi connectivity index (χ0) is 13.3. The summed E-state index contributed by atoms with van der Waals surface area (Å²) in [4.78, 5) is 4.48. The maximum atomic E-state index is 8.83. The molecule has 0 spiro atoms. The summed E-state index contributed by atoms with van der Waals surface area (Å²) in [7, 11) is 0. The molecule has 0 aromatic carbocycles. The zero-order valence-corrected chi connectivity index (χ0v) is 14.2. The van der Waals surface area contributed by atoms with Crippen molar-refractivity contribution < 1.29 is 5.11 Å². The molecule has 0 fully saturated rings. The molecule has 6 heteroatoms. The normalized spacial score (nSPS) is 11.4. The minimum Gasteiger partial charge on any atom is -0.396 e. The topological polar surface area (TPSA) is 37.5 Å². The van der Waals surface area contributed by atoms with Crippen molar-refractivity contribution in [2.75, 3.05) is 12.4 Å². The van der Waals surface area contributed by atoms with Crippen LogP contribution in [-0.4, -0.2) is 26.9 Å².